The highest BCUT2D eigenvalue weighted by Crippen LogP contribution is 2.21. The second-order valence-electron chi connectivity index (χ2n) is 4.27. The molecule has 0 aliphatic rings. The largest absolute Gasteiger partial charge is 0.496 e. The molecule has 2 heteroatoms. The number of methoxy groups -OCH3 is 1. The first-order valence-corrected chi connectivity index (χ1v) is 5.99. The summed E-state index contributed by atoms with van der Waals surface area (Å²) in [6.07, 6.45) is 3.53. The minimum absolute atomic E-state index is 0.157. The maximum Gasteiger partial charge on any atom is 0.122 e. The standard InChI is InChI=1S/C14H22O2/c1-4-13(15)7-5-6-12-10-11(2)8-9-14(12)16-3/h8-10,13,15H,4-7H2,1-3H3. The lowest BCUT2D eigenvalue weighted by Gasteiger charge is -2.11. The number of hydrogen-bond acceptors (Lipinski definition) is 2. The molecule has 0 amide bonds. The zero-order chi connectivity index (χ0) is 12.0. The molecule has 1 aromatic rings. The summed E-state index contributed by atoms with van der Waals surface area (Å²) in [7, 11) is 1.70. The number of benzene rings is 1. The molecule has 16 heavy (non-hydrogen) atoms. The second kappa shape index (κ2) is 6.54. The van der Waals surface area contributed by atoms with E-state index in [0.717, 1.165) is 31.4 Å². The molecule has 1 aromatic carbocycles. The fraction of sp³-hybridized carbons (Fsp3) is 0.571. The van der Waals surface area contributed by atoms with Gasteiger partial charge in [-0.1, -0.05) is 24.6 Å². The zero-order valence-corrected chi connectivity index (χ0v) is 10.5. The lowest BCUT2D eigenvalue weighted by molar-refractivity contribution is 0.157. The van der Waals surface area contributed by atoms with Gasteiger partial charge in [0.2, 0.25) is 0 Å². The van der Waals surface area contributed by atoms with Crippen LogP contribution in [0.3, 0.4) is 0 Å². The van der Waals surface area contributed by atoms with Gasteiger partial charge in [-0.25, -0.2) is 0 Å². The Hall–Kier alpha value is -1.02. The predicted octanol–water partition coefficient (Wildman–Crippen LogP) is 3.10. The molecule has 0 bridgehead atoms. The van der Waals surface area contributed by atoms with Crippen molar-refractivity contribution in [2.45, 2.75) is 45.6 Å². The van der Waals surface area contributed by atoms with Crippen LogP contribution in [-0.4, -0.2) is 18.3 Å². The molecular formula is C14H22O2. The van der Waals surface area contributed by atoms with Crippen molar-refractivity contribution in [1.29, 1.82) is 0 Å². The smallest absolute Gasteiger partial charge is 0.122 e. The summed E-state index contributed by atoms with van der Waals surface area (Å²) in [4.78, 5) is 0. The Morgan fingerprint density at radius 1 is 1.38 bits per heavy atom. The molecule has 1 unspecified atom stereocenters. The van der Waals surface area contributed by atoms with Gasteiger partial charge in [-0.05, 0) is 44.2 Å². The SMILES string of the molecule is CCC(O)CCCc1cc(C)ccc1OC. The van der Waals surface area contributed by atoms with E-state index in [4.69, 9.17) is 4.74 Å². The van der Waals surface area contributed by atoms with Gasteiger partial charge in [0, 0.05) is 0 Å². The van der Waals surface area contributed by atoms with Gasteiger partial charge in [0.05, 0.1) is 13.2 Å². The Bertz CT molecular complexity index is 321. The number of ether oxygens (including phenoxy) is 1. The van der Waals surface area contributed by atoms with Gasteiger partial charge in [0.1, 0.15) is 5.75 Å². The van der Waals surface area contributed by atoms with Crippen LogP contribution in [0.4, 0.5) is 0 Å². The molecule has 1 N–H and O–H groups in total. The van der Waals surface area contributed by atoms with E-state index in [2.05, 4.69) is 19.1 Å². The van der Waals surface area contributed by atoms with Crippen LogP contribution in [0.15, 0.2) is 18.2 Å². The number of hydrogen-bond donors (Lipinski definition) is 1. The minimum Gasteiger partial charge on any atom is -0.496 e. The lowest BCUT2D eigenvalue weighted by Crippen LogP contribution is -2.04. The monoisotopic (exact) mass is 222 g/mol. The topological polar surface area (TPSA) is 29.5 Å². The molecule has 0 saturated carbocycles. The maximum absolute atomic E-state index is 9.49. The van der Waals surface area contributed by atoms with Gasteiger partial charge >= 0.3 is 0 Å². The van der Waals surface area contributed by atoms with Crippen LogP contribution in [0, 0.1) is 6.92 Å². The van der Waals surface area contributed by atoms with Crippen molar-refractivity contribution in [2.24, 2.45) is 0 Å². The van der Waals surface area contributed by atoms with Crippen molar-refractivity contribution < 1.29 is 9.84 Å². The molecule has 0 radical (unpaired) electrons. The molecule has 0 heterocycles. The summed E-state index contributed by atoms with van der Waals surface area (Å²) in [5.41, 5.74) is 2.50. The van der Waals surface area contributed by atoms with Crippen LogP contribution in [0.2, 0.25) is 0 Å². The van der Waals surface area contributed by atoms with E-state index in [9.17, 15) is 5.11 Å². The van der Waals surface area contributed by atoms with E-state index < -0.39 is 0 Å². The van der Waals surface area contributed by atoms with E-state index in [1.54, 1.807) is 7.11 Å². The first-order valence-electron chi connectivity index (χ1n) is 5.99. The maximum atomic E-state index is 9.49. The summed E-state index contributed by atoms with van der Waals surface area (Å²) in [5, 5.41) is 9.49. The first kappa shape index (κ1) is 13.0. The van der Waals surface area contributed by atoms with Crippen LogP contribution >= 0.6 is 0 Å². The van der Waals surface area contributed by atoms with Crippen molar-refractivity contribution in [2.75, 3.05) is 7.11 Å². The van der Waals surface area contributed by atoms with Crippen LogP contribution in [-0.2, 0) is 6.42 Å². The van der Waals surface area contributed by atoms with E-state index in [1.807, 2.05) is 13.0 Å². The summed E-state index contributed by atoms with van der Waals surface area (Å²) in [6, 6.07) is 6.24. The summed E-state index contributed by atoms with van der Waals surface area (Å²) < 4.78 is 5.32. The van der Waals surface area contributed by atoms with Crippen LogP contribution in [0.25, 0.3) is 0 Å². The van der Waals surface area contributed by atoms with Gasteiger partial charge in [-0.3, -0.25) is 0 Å². The highest BCUT2D eigenvalue weighted by molar-refractivity contribution is 5.36. The van der Waals surface area contributed by atoms with E-state index in [-0.39, 0.29) is 6.10 Å². The van der Waals surface area contributed by atoms with Crippen molar-refractivity contribution in [3.8, 4) is 5.75 Å². The third kappa shape index (κ3) is 3.86. The van der Waals surface area contributed by atoms with Gasteiger partial charge in [-0.2, -0.15) is 0 Å². The van der Waals surface area contributed by atoms with Crippen LogP contribution in [0.1, 0.15) is 37.3 Å². The molecule has 2 nitrogen and oxygen atoms in total. The second-order valence-corrected chi connectivity index (χ2v) is 4.27. The molecule has 0 spiro atoms. The van der Waals surface area contributed by atoms with E-state index >= 15 is 0 Å². The van der Waals surface area contributed by atoms with Gasteiger partial charge < -0.3 is 9.84 Å². The van der Waals surface area contributed by atoms with Gasteiger partial charge in [-0.15, -0.1) is 0 Å². The molecule has 90 valence electrons. The molecule has 1 atom stereocenters. The highest BCUT2D eigenvalue weighted by Gasteiger charge is 2.05. The molecule has 0 saturated heterocycles. The molecule has 0 aliphatic carbocycles. The molecular weight excluding hydrogens is 200 g/mol. The Balaban J connectivity index is 2.55. The number of rotatable bonds is 6. The Morgan fingerprint density at radius 2 is 2.12 bits per heavy atom. The number of aryl methyl sites for hydroxylation is 2. The average Bonchev–Trinajstić information content (AvgIpc) is 2.29. The quantitative estimate of drug-likeness (QED) is 0.801. The highest BCUT2D eigenvalue weighted by atomic mass is 16.5. The third-order valence-corrected chi connectivity index (χ3v) is 2.89. The molecule has 0 aromatic heterocycles. The normalized spacial score (nSPS) is 12.5. The first-order chi connectivity index (χ1) is 7.67. The van der Waals surface area contributed by atoms with Crippen LogP contribution in [0.5, 0.6) is 5.75 Å². The van der Waals surface area contributed by atoms with E-state index in [1.165, 1.54) is 11.1 Å². The Kier molecular flexibility index (Phi) is 5.33. The molecule has 0 aliphatic heterocycles. The number of aliphatic hydroxyl groups is 1. The van der Waals surface area contributed by atoms with Crippen LogP contribution < -0.4 is 4.74 Å². The average molecular weight is 222 g/mol. The Morgan fingerprint density at radius 3 is 2.75 bits per heavy atom. The molecule has 0 fully saturated rings. The predicted molar refractivity (Wildman–Crippen MR) is 67.0 cm³/mol. The third-order valence-electron chi connectivity index (χ3n) is 2.89. The molecule has 1 rings (SSSR count). The summed E-state index contributed by atoms with van der Waals surface area (Å²) in [6.45, 7) is 4.10. The fourth-order valence-electron chi connectivity index (χ4n) is 1.84. The summed E-state index contributed by atoms with van der Waals surface area (Å²) in [5.74, 6) is 0.955. The number of aliphatic hydroxyl groups excluding tert-OH is 1. The van der Waals surface area contributed by atoms with Crippen molar-refractivity contribution in [3.63, 3.8) is 0 Å². The summed E-state index contributed by atoms with van der Waals surface area (Å²) >= 11 is 0. The fourth-order valence-corrected chi connectivity index (χ4v) is 1.84. The minimum atomic E-state index is -0.157. The van der Waals surface area contributed by atoms with Crippen molar-refractivity contribution in [3.05, 3.63) is 29.3 Å². The van der Waals surface area contributed by atoms with Crippen molar-refractivity contribution >= 4 is 0 Å². The zero-order valence-electron chi connectivity index (χ0n) is 10.5. The Labute approximate surface area is 98.3 Å². The van der Waals surface area contributed by atoms with Gasteiger partial charge in [0.15, 0.2) is 0 Å². The van der Waals surface area contributed by atoms with Crippen molar-refractivity contribution in [1.82, 2.24) is 0 Å². The van der Waals surface area contributed by atoms with Gasteiger partial charge in [0.25, 0.3) is 0 Å². The lowest BCUT2D eigenvalue weighted by atomic mass is 10.0. The van der Waals surface area contributed by atoms with E-state index in [0.29, 0.717) is 0 Å².